The van der Waals surface area contributed by atoms with Gasteiger partial charge >= 0.3 is 0 Å². The number of nitrogens with zero attached hydrogens (tertiary/aromatic N) is 2. The average Bonchev–Trinajstić information content (AvgIpc) is 3.12. The fourth-order valence-electron chi connectivity index (χ4n) is 2.47. The second-order valence-electron chi connectivity index (χ2n) is 5.85. The van der Waals surface area contributed by atoms with E-state index < -0.39 is 10.0 Å². The molecule has 0 aliphatic carbocycles. The van der Waals surface area contributed by atoms with Crippen LogP contribution in [0.3, 0.4) is 0 Å². The number of aromatic nitrogens is 2. The molecule has 0 atom stereocenters. The number of rotatable bonds is 7. The minimum absolute atomic E-state index is 0.126. The van der Waals surface area contributed by atoms with Gasteiger partial charge in [-0.1, -0.05) is 48.0 Å². The lowest BCUT2D eigenvalue weighted by molar-refractivity contribution is 0.581. The van der Waals surface area contributed by atoms with Gasteiger partial charge in [-0.3, -0.25) is 4.68 Å². The highest BCUT2D eigenvalue weighted by Crippen LogP contribution is 2.13. The van der Waals surface area contributed by atoms with Crippen molar-refractivity contribution in [3.63, 3.8) is 0 Å². The molecule has 3 aromatic rings. The first-order valence-electron chi connectivity index (χ1n) is 8.01. The van der Waals surface area contributed by atoms with Gasteiger partial charge in [-0.2, -0.15) is 5.10 Å². The van der Waals surface area contributed by atoms with Crippen LogP contribution in [-0.4, -0.2) is 18.2 Å². The van der Waals surface area contributed by atoms with Crippen molar-refractivity contribution >= 4 is 21.6 Å². The second-order valence-corrected chi connectivity index (χ2v) is 8.05. The molecule has 136 valence electrons. The molecule has 0 spiro atoms. The number of nitrogens with two attached hydrogens (primary N) is 1. The topological polar surface area (TPSA) is 90.0 Å². The molecule has 0 saturated carbocycles. The molecule has 0 amide bonds. The first kappa shape index (κ1) is 18.6. The quantitative estimate of drug-likeness (QED) is 0.648. The molecule has 0 radical (unpaired) electrons. The van der Waals surface area contributed by atoms with Crippen molar-refractivity contribution in [3.05, 3.63) is 82.6 Å². The summed E-state index contributed by atoms with van der Waals surface area (Å²) >= 11 is 5.87. The molecule has 1 aromatic heterocycles. The summed E-state index contributed by atoms with van der Waals surface area (Å²) in [6, 6.07) is 14.8. The molecule has 2 aromatic carbocycles. The van der Waals surface area contributed by atoms with Crippen LogP contribution in [0.2, 0.25) is 5.02 Å². The van der Waals surface area contributed by atoms with E-state index in [0.29, 0.717) is 18.1 Å². The normalized spacial score (nSPS) is 11.6. The summed E-state index contributed by atoms with van der Waals surface area (Å²) in [5.41, 5.74) is 8.40. The molecule has 3 N–H and O–H groups in total. The molecule has 0 aliphatic heterocycles. The van der Waals surface area contributed by atoms with Crippen LogP contribution < -0.4 is 10.5 Å². The number of hydrogen-bond acceptors (Lipinski definition) is 4. The summed E-state index contributed by atoms with van der Waals surface area (Å²) in [5.74, 6) is 0. The van der Waals surface area contributed by atoms with Crippen LogP contribution in [-0.2, 0) is 29.7 Å². The summed E-state index contributed by atoms with van der Waals surface area (Å²) in [5, 5.41) is 4.78. The van der Waals surface area contributed by atoms with Crippen LogP contribution in [0, 0.1) is 0 Å². The van der Waals surface area contributed by atoms with E-state index in [9.17, 15) is 8.42 Å². The van der Waals surface area contributed by atoms with Crippen LogP contribution in [0.4, 0.5) is 0 Å². The SMILES string of the molecule is NCc1cccc(CNS(=O)(=O)c2cnn(Cc3ccc(Cl)cc3)c2)c1. The van der Waals surface area contributed by atoms with Crippen LogP contribution >= 0.6 is 11.6 Å². The highest BCUT2D eigenvalue weighted by Gasteiger charge is 2.16. The van der Waals surface area contributed by atoms with Gasteiger partial charge in [0, 0.05) is 24.3 Å². The van der Waals surface area contributed by atoms with Gasteiger partial charge in [0.2, 0.25) is 10.0 Å². The molecule has 26 heavy (non-hydrogen) atoms. The summed E-state index contributed by atoms with van der Waals surface area (Å²) in [7, 11) is -3.64. The van der Waals surface area contributed by atoms with Gasteiger partial charge in [0.25, 0.3) is 0 Å². The molecule has 0 fully saturated rings. The van der Waals surface area contributed by atoms with Crippen LogP contribution in [0.25, 0.3) is 0 Å². The number of sulfonamides is 1. The maximum atomic E-state index is 12.5. The van der Waals surface area contributed by atoms with E-state index in [-0.39, 0.29) is 11.4 Å². The molecule has 0 unspecified atom stereocenters. The van der Waals surface area contributed by atoms with Crippen LogP contribution in [0.5, 0.6) is 0 Å². The molecule has 6 nitrogen and oxygen atoms in total. The predicted molar refractivity (Wildman–Crippen MR) is 101 cm³/mol. The van der Waals surface area contributed by atoms with Gasteiger partial charge in [0.1, 0.15) is 4.90 Å². The largest absolute Gasteiger partial charge is 0.326 e. The molecule has 1 heterocycles. The van der Waals surface area contributed by atoms with E-state index in [2.05, 4.69) is 9.82 Å². The predicted octanol–water partition coefficient (Wildman–Crippen LogP) is 2.52. The molecule has 3 rings (SSSR count). The lowest BCUT2D eigenvalue weighted by Crippen LogP contribution is -2.23. The number of hydrogen-bond donors (Lipinski definition) is 2. The second kappa shape index (κ2) is 8.01. The Labute approximate surface area is 157 Å². The highest BCUT2D eigenvalue weighted by molar-refractivity contribution is 7.89. The molecule has 8 heteroatoms. The van der Waals surface area contributed by atoms with E-state index in [1.807, 2.05) is 36.4 Å². The third-order valence-electron chi connectivity index (χ3n) is 3.87. The van der Waals surface area contributed by atoms with Crippen molar-refractivity contribution in [2.45, 2.75) is 24.5 Å². The van der Waals surface area contributed by atoms with E-state index in [1.54, 1.807) is 16.8 Å². The van der Waals surface area contributed by atoms with Crippen molar-refractivity contribution in [2.75, 3.05) is 0 Å². The Morgan fingerprint density at radius 1 is 1.08 bits per heavy atom. The van der Waals surface area contributed by atoms with E-state index in [4.69, 9.17) is 17.3 Å². The summed E-state index contributed by atoms with van der Waals surface area (Å²) in [4.78, 5) is 0.126. The maximum absolute atomic E-state index is 12.5. The Morgan fingerprint density at radius 3 is 2.54 bits per heavy atom. The van der Waals surface area contributed by atoms with Gasteiger partial charge < -0.3 is 5.73 Å². The third kappa shape index (κ3) is 4.70. The van der Waals surface area contributed by atoms with Gasteiger partial charge in [-0.05, 0) is 28.8 Å². The maximum Gasteiger partial charge on any atom is 0.243 e. The Morgan fingerprint density at radius 2 is 1.81 bits per heavy atom. The van der Waals surface area contributed by atoms with Crippen molar-refractivity contribution < 1.29 is 8.42 Å². The zero-order valence-electron chi connectivity index (χ0n) is 14.0. The fraction of sp³-hybridized carbons (Fsp3) is 0.167. The number of benzene rings is 2. The smallest absolute Gasteiger partial charge is 0.243 e. The van der Waals surface area contributed by atoms with Gasteiger partial charge in [-0.15, -0.1) is 0 Å². The van der Waals surface area contributed by atoms with Crippen LogP contribution in [0.15, 0.2) is 65.8 Å². The van der Waals surface area contributed by atoms with E-state index in [0.717, 1.165) is 16.7 Å². The Bertz CT molecular complexity index is 984. The Kier molecular flexibility index (Phi) is 5.73. The number of halogens is 1. The molecule has 0 bridgehead atoms. The molecular formula is C18H19ClN4O2S. The summed E-state index contributed by atoms with van der Waals surface area (Å²) in [6.07, 6.45) is 2.85. The van der Waals surface area contributed by atoms with Gasteiger partial charge in [-0.25, -0.2) is 13.1 Å². The van der Waals surface area contributed by atoms with E-state index in [1.165, 1.54) is 12.4 Å². The lowest BCUT2D eigenvalue weighted by Gasteiger charge is -2.06. The van der Waals surface area contributed by atoms with Crippen molar-refractivity contribution in [2.24, 2.45) is 5.73 Å². The standard InChI is InChI=1S/C18H19ClN4O2S/c19-17-6-4-14(5-7-17)12-23-13-18(11-21-23)26(24,25)22-10-16-3-1-2-15(8-16)9-20/h1-8,11,13,22H,9-10,12,20H2. The molecular weight excluding hydrogens is 372 g/mol. The van der Waals surface area contributed by atoms with Crippen molar-refractivity contribution in [1.29, 1.82) is 0 Å². The first-order chi connectivity index (χ1) is 12.5. The molecule has 0 aliphatic rings. The molecule has 0 saturated heterocycles. The highest BCUT2D eigenvalue weighted by atomic mass is 35.5. The van der Waals surface area contributed by atoms with Crippen molar-refractivity contribution in [3.8, 4) is 0 Å². The van der Waals surface area contributed by atoms with Gasteiger partial charge in [0.15, 0.2) is 0 Å². The minimum Gasteiger partial charge on any atom is -0.326 e. The summed E-state index contributed by atoms with van der Waals surface area (Å²) < 4.78 is 29.1. The lowest BCUT2D eigenvalue weighted by atomic mass is 10.1. The minimum atomic E-state index is -3.64. The van der Waals surface area contributed by atoms with Gasteiger partial charge in [0.05, 0.1) is 12.7 Å². The zero-order valence-corrected chi connectivity index (χ0v) is 15.5. The van der Waals surface area contributed by atoms with Crippen molar-refractivity contribution in [1.82, 2.24) is 14.5 Å². The summed E-state index contributed by atoms with van der Waals surface area (Å²) in [6.45, 7) is 1.07. The zero-order chi connectivity index (χ0) is 18.6. The fourth-order valence-corrected chi connectivity index (χ4v) is 3.57. The number of nitrogens with one attached hydrogen (secondary N) is 1. The Hall–Kier alpha value is -2.19. The van der Waals surface area contributed by atoms with E-state index >= 15 is 0 Å². The first-order valence-corrected chi connectivity index (χ1v) is 9.87. The average molecular weight is 391 g/mol. The Balaban J connectivity index is 1.67. The monoisotopic (exact) mass is 390 g/mol. The third-order valence-corrected chi connectivity index (χ3v) is 5.48. The van der Waals surface area contributed by atoms with Crippen LogP contribution in [0.1, 0.15) is 16.7 Å².